The molecule has 0 saturated heterocycles. The molecule has 5 heteroatoms. The first-order chi connectivity index (χ1) is 10.6. The van der Waals surface area contributed by atoms with Crippen molar-refractivity contribution in [3.05, 3.63) is 51.7 Å². The van der Waals surface area contributed by atoms with E-state index in [0.29, 0.717) is 13.1 Å². The molecule has 0 fully saturated rings. The first kappa shape index (κ1) is 16.5. The van der Waals surface area contributed by atoms with Crippen molar-refractivity contribution < 1.29 is 14.4 Å². The van der Waals surface area contributed by atoms with Gasteiger partial charge in [0.1, 0.15) is 12.3 Å². The van der Waals surface area contributed by atoms with E-state index in [1.165, 1.54) is 15.3 Å². The van der Waals surface area contributed by atoms with Crippen LogP contribution < -0.4 is 15.0 Å². The number of hydrogen-bond acceptors (Lipinski definition) is 3. The zero-order valence-electron chi connectivity index (χ0n) is 13.3. The van der Waals surface area contributed by atoms with E-state index in [9.17, 15) is 4.79 Å². The Hall–Kier alpha value is -1.85. The molecule has 1 unspecified atom stereocenters. The van der Waals surface area contributed by atoms with E-state index in [-0.39, 0.29) is 5.91 Å². The van der Waals surface area contributed by atoms with E-state index < -0.39 is 0 Å². The average Bonchev–Trinajstić information content (AvgIpc) is 2.90. The molecule has 2 N–H and O–H groups in total. The third-order valence-electron chi connectivity index (χ3n) is 3.56. The topological polar surface area (TPSA) is 42.8 Å². The van der Waals surface area contributed by atoms with Gasteiger partial charge in [-0.2, -0.15) is 0 Å². The summed E-state index contributed by atoms with van der Waals surface area (Å²) in [5.74, 6) is 0.857. The summed E-state index contributed by atoms with van der Waals surface area (Å²) in [6.45, 7) is 3.95. The van der Waals surface area contributed by atoms with Crippen LogP contribution in [-0.4, -0.2) is 26.6 Å². The Balaban J connectivity index is 1.81. The minimum Gasteiger partial charge on any atom is -0.496 e. The number of methoxy groups -OCH3 is 1. The van der Waals surface area contributed by atoms with Gasteiger partial charge in [-0.1, -0.05) is 18.2 Å². The van der Waals surface area contributed by atoms with Gasteiger partial charge in [0.05, 0.1) is 19.0 Å². The summed E-state index contributed by atoms with van der Waals surface area (Å²) in [5.41, 5.74) is 2.30. The fourth-order valence-electron chi connectivity index (χ4n) is 2.30. The lowest BCUT2D eigenvalue weighted by atomic mass is 10.2. The summed E-state index contributed by atoms with van der Waals surface area (Å²) in [6, 6.07) is 9.85. The van der Waals surface area contributed by atoms with E-state index in [4.69, 9.17) is 4.74 Å². The molecule has 1 atom stereocenters. The molecule has 2 rings (SSSR count). The second-order valence-electron chi connectivity index (χ2n) is 5.43. The predicted molar refractivity (Wildman–Crippen MR) is 89.4 cm³/mol. The van der Waals surface area contributed by atoms with E-state index in [1.807, 2.05) is 31.3 Å². The summed E-state index contributed by atoms with van der Waals surface area (Å²) >= 11 is 1.75. The number of quaternary nitrogens is 1. The molecule has 0 aliphatic rings. The van der Waals surface area contributed by atoms with Gasteiger partial charge in [0.15, 0.2) is 6.54 Å². The molecule has 1 amide bonds. The zero-order valence-corrected chi connectivity index (χ0v) is 14.1. The van der Waals surface area contributed by atoms with Crippen molar-refractivity contribution in [3.63, 3.8) is 0 Å². The lowest BCUT2D eigenvalue weighted by Crippen LogP contribution is -3.08. The van der Waals surface area contributed by atoms with Crippen LogP contribution in [0.1, 0.15) is 16.0 Å². The van der Waals surface area contributed by atoms with Crippen LogP contribution in [0.15, 0.2) is 35.7 Å². The van der Waals surface area contributed by atoms with Crippen molar-refractivity contribution in [1.82, 2.24) is 5.32 Å². The van der Waals surface area contributed by atoms with Crippen LogP contribution in [-0.2, 0) is 17.9 Å². The Morgan fingerprint density at radius 2 is 2.09 bits per heavy atom. The second kappa shape index (κ2) is 7.96. The quantitative estimate of drug-likeness (QED) is 0.810. The van der Waals surface area contributed by atoms with Crippen LogP contribution in [0.5, 0.6) is 5.75 Å². The van der Waals surface area contributed by atoms with Gasteiger partial charge < -0.3 is 15.0 Å². The van der Waals surface area contributed by atoms with E-state index in [0.717, 1.165) is 17.9 Å². The second-order valence-corrected chi connectivity index (χ2v) is 6.43. The Labute approximate surface area is 135 Å². The van der Waals surface area contributed by atoms with Gasteiger partial charge in [0, 0.05) is 12.1 Å². The standard InChI is InChI=1S/C17H22N2O2S/c1-13-8-9-22-16(13)11-19(2)12-17(20)18-10-14-6-4-5-7-15(14)21-3/h4-9H,10-12H2,1-3H3,(H,18,20)/p+1. The largest absolute Gasteiger partial charge is 0.496 e. The van der Waals surface area contributed by atoms with Gasteiger partial charge in [-0.25, -0.2) is 0 Å². The number of hydrogen-bond donors (Lipinski definition) is 2. The monoisotopic (exact) mass is 319 g/mol. The summed E-state index contributed by atoms with van der Waals surface area (Å²) in [6.07, 6.45) is 0. The van der Waals surface area contributed by atoms with Gasteiger partial charge in [-0.15, -0.1) is 11.3 Å². The third-order valence-corrected chi connectivity index (χ3v) is 4.58. The molecular weight excluding hydrogens is 296 g/mol. The Kier molecular flexibility index (Phi) is 5.98. The molecule has 0 aliphatic carbocycles. The molecule has 0 bridgehead atoms. The summed E-state index contributed by atoms with van der Waals surface area (Å²) < 4.78 is 5.29. The maximum absolute atomic E-state index is 12.1. The third kappa shape index (κ3) is 4.58. The highest BCUT2D eigenvalue weighted by Crippen LogP contribution is 2.16. The average molecular weight is 319 g/mol. The highest BCUT2D eigenvalue weighted by atomic mass is 32.1. The fraction of sp³-hybridized carbons (Fsp3) is 0.353. The van der Waals surface area contributed by atoms with Crippen molar-refractivity contribution in [1.29, 1.82) is 0 Å². The molecule has 0 radical (unpaired) electrons. The maximum Gasteiger partial charge on any atom is 0.275 e. The van der Waals surface area contributed by atoms with E-state index in [2.05, 4.69) is 23.7 Å². The molecule has 0 spiro atoms. The van der Waals surface area contributed by atoms with E-state index >= 15 is 0 Å². The van der Waals surface area contributed by atoms with Crippen LogP contribution in [0.25, 0.3) is 0 Å². The Morgan fingerprint density at radius 3 is 2.77 bits per heavy atom. The number of benzene rings is 1. The summed E-state index contributed by atoms with van der Waals surface area (Å²) in [7, 11) is 3.68. The summed E-state index contributed by atoms with van der Waals surface area (Å²) in [5, 5.41) is 5.06. The maximum atomic E-state index is 12.1. The van der Waals surface area contributed by atoms with Crippen LogP contribution in [0.4, 0.5) is 0 Å². The first-order valence-corrected chi connectivity index (χ1v) is 8.21. The number of rotatable bonds is 7. The van der Waals surface area contributed by atoms with Crippen LogP contribution >= 0.6 is 11.3 Å². The number of para-hydroxylation sites is 1. The molecule has 2 aromatic rings. The highest BCUT2D eigenvalue weighted by molar-refractivity contribution is 7.10. The van der Waals surface area contributed by atoms with Crippen molar-refractivity contribution in [2.75, 3.05) is 20.7 Å². The van der Waals surface area contributed by atoms with E-state index in [1.54, 1.807) is 18.4 Å². The Bertz CT molecular complexity index is 625. The number of amides is 1. The van der Waals surface area contributed by atoms with Gasteiger partial charge in [0.25, 0.3) is 5.91 Å². The molecule has 0 aliphatic heterocycles. The predicted octanol–water partition coefficient (Wildman–Crippen LogP) is 1.40. The van der Waals surface area contributed by atoms with Crippen LogP contribution in [0, 0.1) is 6.92 Å². The fourth-order valence-corrected chi connectivity index (χ4v) is 3.32. The zero-order chi connectivity index (χ0) is 15.9. The molecule has 4 nitrogen and oxygen atoms in total. The number of thiophene rings is 1. The van der Waals surface area contributed by atoms with Crippen molar-refractivity contribution in [2.45, 2.75) is 20.0 Å². The van der Waals surface area contributed by atoms with Gasteiger partial charge >= 0.3 is 0 Å². The molecule has 22 heavy (non-hydrogen) atoms. The smallest absolute Gasteiger partial charge is 0.275 e. The van der Waals surface area contributed by atoms with Crippen molar-refractivity contribution >= 4 is 17.2 Å². The molecule has 118 valence electrons. The van der Waals surface area contributed by atoms with Crippen LogP contribution in [0.2, 0.25) is 0 Å². The normalized spacial score (nSPS) is 12.0. The van der Waals surface area contributed by atoms with Crippen molar-refractivity contribution in [2.24, 2.45) is 0 Å². The molecule has 1 heterocycles. The molecule has 1 aromatic heterocycles. The van der Waals surface area contributed by atoms with Crippen molar-refractivity contribution in [3.8, 4) is 5.75 Å². The number of ether oxygens (including phenoxy) is 1. The van der Waals surface area contributed by atoms with Gasteiger partial charge in [0.2, 0.25) is 0 Å². The molecular formula is C17H23N2O2S+. The van der Waals surface area contributed by atoms with Gasteiger partial charge in [-0.05, 0) is 30.0 Å². The SMILES string of the molecule is COc1ccccc1CNC(=O)C[NH+](C)Cc1sccc1C. The van der Waals surface area contributed by atoms with Gasteiger partial charge in [-0.3, -0.25) is 4.79 Å². The number of carbonyl (C=O) groups is 1. The van der Waals surface area contributed by atoms with Crippen LogP contribution in [0.3, 0.4) is 0 Å². The Morgan fingerprint density at radius 1 is 1.32 bits per heavy atom. The first-order valence-electron chi connectivity index (χ1n) is 7.33. The molecule has 0 saturated carbocycles. The molecule has 1 aromatic carbocycles. The summed E-state index contributed by atoms with van der Waals surface area (Å²) in [4.78, 5) is 14.6. The lowest BCUT2D eigenvalue weighted by Gasteiger charge is -2.14. The number of likely N-dealkylation sites (N-methyl/N-ethyl adjacent to an activating group) is 1. The number of carbonyl (C=O) groups excluding carboxylic acids is 1. The number of aryl methyl sites for hydroxylation is 1. The minimum atomic E-state index is 0.0533. The minimum absolute atomic E-state index is 0.0533. The lowest BCUT2D eigenvalue weighted by molar-refractivity contribution is -0.885. The number of nitrogens with one attached hydrogen (secondary N) is 2. The highest BCUT2D eigenvalue weighted by Gasteiger charge is 2.13.